The predicted molar refractivity (Wildman–Crippen MR) is 48.6 cm³/mol. The summed E-state index contributed by atoms with van der Waals surface area (Å²) in [5, 5.41) is 0. The van der Waals surface area contributed by atoms with Crippen molar-refractivity contribution in [3.63, 3.8) is 0 Å². The molecule has 1 N–H and O–H groups in total. The highest BCUT2D eigenvalue weighted by Crippen LogP contribution is 1.88. The zero-order chi connectivity index (χ0) is 9.45. The quantitative estimate of drug-likeness (QED) is 0.596. The molecule has 0 aromatic rings. The van der Waals surface area contributed by atoms with Crippen LogP contribution < -0.4 is 4.72 Å². The molecule has 0 aliphatic heterocycles. The van der Waals surface area contributed by atoms with Gasteiger partial charge in [0, 0.05) is 13.7 Å². The van der Waals surface area contributed by atoms with Crippen LogP contribution in [0.4, 0.5) is 0 Å². The normalized spacial score (nSPS) is 11.8. The maximum absolute atomic E-state index is 11.1. The van der Waals surface area contributed by atoms with Crippen LogP contribution in [0.25, 0.3) is 0 Å². The van der Waals surface area contributed by atoms with Gasteiger partial charge in [-0.1, -0.05) is 13.3 Å². The lowest BCUT2D eigenvalue weighted by molar-refractivity contribution is 0.217. The fourth-order valence-corrected chi connectivity index (χ4v) is 1.66. The van der Waals surface area contributed by atoms with E-state index in [9.17, 15) is 8.42 Å². The summed E-state index contributed by atoms with van der Waals surface area (Å²) in [6.07, 6.45) is 1.87. The molecular weight excluding hydrogens is 178 g/mol. The van der Waals surface area contributed by atoms with Crippen LogP contribution in [0.2, 0.25) is 0 Å². The van der Waals surface area contributed by atoms with Gasteiger partial charge in [0.05, 0.1) is 12.4 Å². The fraction of sp³-hybridized carbons (Fsp3) is 1.00. The Kier molecular flexibility index (Phi) is 6.32. The van der Waals surface area contributed by atoms with Crippen molar-refractivity contribution < 1.29 is 13.2 Å². The molecule has 0 amide bonds. The van der Waals surface area contributed by atoms with Crippen LogP contribution in [0.15, 0.2) is 0 Å². The molecule has 0 radical (unpaired) electrons. The number of unbranched alkanes of at least 4 members (excludes halogenated alkanes) is 1. The van der Waals surface area contributed by atoms with E-state index in [2.05, 4.69) is 9.46 Å². The van der Waals surface area contributed by atoms with Gasteiger partial charge in [-0.15, -0.1) is 0 Å². The zero-order valence-electron chi connectivity index (χ0n) is 7.67. The van der Waals surface area contributed by atoms with Crippen LogP contribution in [-0.4, -0.2) is 34.4 Å². The average Bonchev–Trinajstić information content (AvgIpc) is 2.01. The van der Waals surface area contributed by atoms with E-state index in [0.29, 0.717) is 6.54 Å². The van der Waals surface area contributed by atoms with E-state index in [4.69, 9.17) is 0 Å². The van der Waals surface area contributed by atoms with Gasteiger partial charge in [-0.2, -0.15) is 0 Å². The summed E-state index contributed by atoms with van der Waals surface area (Å²) in [6, 6.07) is 0. The second kappa shape index (κ2) is 6.39. The summed E-state index contributed by atoms with van der Waals surface area (Å²) < 4.78 is 29.3. The Hall–Kier alpha value is -0.130. The van der Waals surface area contributed by atoms with Crippen molar-refractivity contribution in [3.05, 3.63) is 0 Å². The van der Waals surface area contributed by atoms with Gasteiger partial charge in [0.1, 0.15) is 0 Å². The Morgan fingerprint density at radius 2 is 2.08 bits per heavy atom. The largest absolute Gasteiger partial charge is 0.384 e. The highest BCUT2D eigenvalue weighted by Gasteiger charge is 2.07. The summed E-state index contributed by atoms with van der Waals surface area (Å²) in [7, 11) is -1.60. The molecule has 5 heteroatoms. The van der Waals surface area contributed by atoms with Gasteiger partial charge in [0.15, 0.2) is 0 Å². The first-order valence-electron chi connectivity index (χ1n) is 4.08. The molecule has 0 aliphatic rings. The molecule has 0 spiro atoms. The summed E-state index contributed by atoms with van der Waals surface area (Å²) in [5.74, 6) is 0.0488. The molecule has 0 aromatic heterocycles. The number of nitrogens with one attached hydrogen (secondary N) is 1. The summed E-state index contributed by atoms with van der Waals surface area (Å²) in [6.45, 7) is 2.80. The van der Waals surface area contributed by atoms with Gasteiger partial charge in [-0.3, -0.25) is 0 Å². The third kappa shape index (κ3) is 6.57. The maximum Gasteiger partial charge on any atom is 0.213 e. The van der Waals surface area contributed by atoms with Gasteiger partial charge in [0.2, 0.25) is 10.0 Å². The first-order valence-corrected chi connectivity index (χ1v) is 5.74. The number of ether oxygens (including phenoxy) is 1. The van der Waals surface area contributed by atoms with Crippen LogP contribution in [0.3, 0.4) is 0 Å². The second-order valence-corrected chi connectivity index (χ2v) is 4.49. The van der Waals surface area contributed by atoms with Crippen molar-refractivity contribution in [2.24, 2.45) is 0 Å². The molecule has 0 saturated carbocycles. The average molecular weight is 195 g/mol. The Morgan fingerprint density at radius 1 is 1.42 bits per heavy atom. The SMILES string of the molecule is CCCCNS(=O)(=O)CCOC. The van der Waals surface area contributed by atoms with E-state index in [-0.39, 0.29) is 12.4 Å². The smallest absolute Gasteiger partial charge is 0.213 e. The van der Waals surface area contributed by atoms with Crippen LogP contribution in [-0.2, 0) is 14.8 Å². The Bertz CT molecular complexity index is 189. The predicted octanol–water partition coefficient (Wildman–Crippen LogP) is 0.352. The third-order valence-corrected chi connectivity index (χ3v) is 2.76. The third-order valence-electron chi connectivity index (χ3n) is 1.41. The number of rotatable bonds is 7. The zero-order valence-corrected chi connectivity index (χ0v) is 8.49. The van der Waals surface area contributed by atoms with Crippen molar-refractivity contribution in [1.82, 2.24) is 4.72 Å². The van der Waals surface area contributed by atoms with E-state index < -0.39 is 10.0 Å². The molecule has 74 valence electrons. The van der Waals surface area contributed by atoms with E-state index in [1.165, 1.54) is 7.11 Å². The fourth-order valence-electron chi connectivity index (χ4n) is 0.670. The van der Waals surface area contributed by atoms with E-state index >= 15 is 0 Å². The summed E-state index contributed by atoms with van der Waals surface area (Å²) in [4.78, 5) is 0. The van der Waals surface area contributed by atoms with Gasteiger partial charge in [-0.25, -0.2) is 13.1 Å². The van der Waals surface area contributed by atoms with Crippen molar-refractivity contribution >= 4 is 10.0 Å². The van der Waals surface area contributed by atoms with Crippen molar-refractivity contribution in [2.75, 3.05) is 26.0 Å². The van der Waals surface area contributed by atoms with Crippen LogP contribution in [0, 0.1) is 0 Å². The van der Waals surface area contributed by atoms with Crippen molar-refractivity contribution in [2.45, 2.75) is 19.8 Å². The number of hydrogen-bond acceptors (Lipinski definition) is 3. The monoisotopic (exact) mass is 195 g/mol. The van der Waals surface area contributed by atoms with Crippen LogP contribution >= 0.6 is 0 Å². The first kappa shape index (κ1) is 11.9. The molecule has 0 aromatic carbocycles. The topological polar surface area (TPSA) is 55.4 Å². The minimum atomic E-state index is -3.09. The minimum absolute atomic E-state index is 0.0488. The van der Waals surface area contributed by atoms with Gasteiger partial charge >= 0.3 is 0 Å². The second-order valence-electron chi connectivity index (χ2n) is 2.56. The lowest BCUT2D eigenvalue weighted by atomic mass is 10.3. The Labute approximate surface area is 74.4 Å². The number of sulfonamides is 1. The highest BCUT2D eigenvalue weighted by molar-refractivity contribution is 7.89. The molecule has 0 bridgehead atoms. The van der Waals surface area contributed by atoms with Gasteiger partial charge in [0.25, 0.3) is 0 Å². The van der Waals surface area contributed by atoms with Gasteiger partial charge < -0.3 is 4.74 Å². The van der Waals surface area contributed by atoms with Crippen molar-refractivity contribution in [3.8, 4) is 0 Å². The van der Waals surface area contributed by atoms with Crippen LogP contribution in [0.5, 0.6) is 0 Å². The molecule has 0 saturated heterocycles. The summed E-state index contributed by atoms with van der Waals surface area (Å²) in [5.41, 5.74) is 0. The molecule has 0 rings (SSSR count). The standard InChI is InChI=1S/C7H17NO3S/c1-3-4-5-8-12(9,10)7-6-11-2/h8H,3-7H2,1-2H3. The number of methoxy groups -OCH3 is 1. The lowest BCUT2D eigenvalue weighted by Crippen LogP contribution is -2.28. The van der Waals surface area contributed by atoms with E-state index in [1.807, 2.05) is 6.92 Å². The molecule has 0 heterocycles. The maximum atomic E-state index is 11.1. The first-order chi connectivity index (χ1) is 5.62. The van der Waals surface area contributed by atoms with Crippen LogP contribution in [0.1, 0.15) is 19.8 Å². The number of hydrogen-bond donors (Lipinski definition) is 1. The molecule has 0 aliphatic carbocycles. The molecular formula is C7H17NO3S. The Balaban J connectivity index is 3.58. The molecule has 12 heavy (non-hydrogen) atoms. The van der Waals surface area contributed by atoms with Crippen molar-refractivity contribution in [1.29, 1.82) is 0 Å². The summed E-state index contributed by atoms with van der Waals surface area (Å²) >= 11 is 0. The van der Waals surface area contributed by atoms with E-state index in [0.717, 1.165) is 12.8 Å². The Morgan fingerprint density at radius 3 is 2.58 bits per heavy atom. The molecule has 0 unspecified atom stereocenters. The molecule has 4 nitrogen and oxygen atoms in total. The van der Waals surface area contributed by atoms with Gasteiger partial charge in [-0.05, 0) is 6.42 Å². The minimum Gasteiger partial charge on any atom is -0.384 e. The lowest BCUT2D eigenvalue weighted by Gasteiger charge is -2.04. The highest BCUT2D eigenvalue weighted by atomic mass is 32.2. The molecule has 0 atom stereocenters. The van der Waals surface area contributed by atoms with E-state index in [1.54, 1.807) is 0 Å². The molecule has 0 fully saturated rings.